The minimum Gasteiger partial charge on any atom is -0.422 e. The van der Waals surface area contributed by atoms with Gasteiger partial charge in [0.05, 0.1) is 5.56 Å². The molecular formula is C18H12O3. The van der Waals surface area contributed by atoms with Crippen molar-refractivity contribution in [2.75, 3.05) is 0 Å². The molecule has 0 fully saturated rings. The number of carbonyl (C=O) groups is 1. The summed E-state index contributed by atoms with van der Waals surface area (Å²) >= 11 is 0. The highest BCUT2D eigenvalue weighted by molar-refractivity contribution is 6.13. The van der Waals surface area contributed by atoms with E-state index in [1.807, 2.05) is 30.3 Å². The summed E-state index contributed by atoms with van der Waals surface area (Å²) in [6, 6.07) is 17.8. The minimum atomic E-state index is -0.463. The maximum atomic E-state index is 12.3. The molecule has 2 aromatic carbocycles. The van der Waals surface area contributed by atoms with Crippen LogP contribution in [0.1, 0.15) is 15.9 Å². The Morgan fingerprint density at radius 1 is 0.905 bits per heavy atom. The number of para-hydroxylation sites is 1. The maximum Gasteiger partial charge on any atom is 0.336 e. The smallest absolute Gasteiger partial charge is 0.336 e. The van der Waals surface area contributed by atoms with E-state index >= 15 is 0 Å². The van der Waals surface area contributed by atoms with Crippen molar-refractivity contribution in [1.29, 1.82) is 0 Å². The van der Waals surface area contributed by atoms with Crippen LogP contribution in [0.25, 0.3) is 17.0 Å². The van der Waals surface area contributed by atoms with Crippen LogP contribution in [0.5, 0.6) is 0 Å². The Bertz CT molecular complexity index is 874. The predicted molar refractivity (Wildman–Crippen MR) is 82.3 cm³/mol. The fourth-order valence-corrected chi connectivity index (χ4v) is 2.11. The van der Waals surface area contributed by atoms with Gasteiger partial charge >= 0.3 is 5.63 Å². The van der Waals surface area contributed by atoms with Crippen molar-refractivity contribution < 1.29 is 9.21 Å². The van der Waals surface area contributed by atoms with E-state index in [0.717, 1.165) is 10.9 Å². The topological polar surface area (TPSA) is 47.3 Å². The molecule has 3 aromatic rings. The zero-order valence-electron chi connectivity index (χ0n) is 11.2. The molecule has 0 aliphatic heterocycles. The van der Waals surface area contributed by atoms with E-state index in [1.54, 1.807) is 30.3 Å². The van der Waals surface area contributed by atoms with Crippen LogP contribution in [-0.2, 0) is 0 Å². The first-order valence-electron chi connectivity index (χ1n) is 6.54. The summed E-state index contributed by atoms with van der Waals surface area (Å²) in [5.74, 6) is -0.196. The summed E-state index contributed by atoms with van der Waals surface area (Å²) in [6.07, 6.45) is 3.22. The molecule has 3 heteroatoms. The molecule has 0 radical (unpaired) electrons. The lowest BCUT2D eigenvalue weighted by atomic mass is 10.1. The Labute approximate surface area is 121 Å². The zero-order valence-corrected chi connectivity index (χ0v) is 11.2. The molecule has 0 spiro atoms. The van der Waals surface area contributed by atoms with Crippen molar-refractivity contribution in [1.82, 2.24) is 0 Å². The van der Waals surface area contributed by atoms with Gasteiger partial charge in [0.2, 0.25) is 0 Å². The maximum absolute atomic E-state index is 12.3. The molecular weight excluding hydrogens is 264 g/mol. The van der Waals surface area contributed by atoms with Gasteiger partial charge in [0.15, 0.2) is 5.78 Å². The van der Waals surface area contributed by atoms with Crippen LogP contribution >= 0.6 is 0 Å². The Morgan fingerprint density at radius 2 is 1.71 bits per heavy atom. The first-order chi connectivity index (χ1) is 10.2. The summed E-state index contributed by atoms with van der Waals surface area (Å²) < 4.78 is 5.16. The van der Waals surface area contributed by atoms with Crippen LogP contribution < -0.4 is 5.63 Å². The van der Waals surface area contributed by atoms with Crippen molar-refractivity contribution in [2.45, 2.75) is 0 Å². The van der Waals surface area contributed by atoms with E-state index in [9.17, 15) is 9.59 Å². The van der Waals surface area contributed by atoms with E-state index in [4.69, 9.17) is 4.42 Å². The van der Waals surface area contributed by atoms with Gasteiger partial charge in [-0.2, -0.15) is 0 Å². The average Bonchev–Trinajstić information content (AvgIpc) is 2.53. The van der Waals surface area contributed by atoms with Crippen LogP contribution in [0.2, 0.25) is 0 Å². The highest BCUT2D eigenvalue weighted by atomic mass is 16.4. The highest BCUT2D eigenvalue weighted by Gasteiger charge is 2.09. The van der Waals surface area contributed by atoms with Gasteiger partial charge in [-0.3, -0.25) is 4.79 Å². The van der Waals surface area contributed by atoms with Gasteiger partial charge in [0.25, 0.3) is 0 Å². The largest absolute Gasteiger partial charge is 0.422 e. The van der Waals surface area contributed by atoms with Crippen molar-refractivity contribution >= 4 is 22.8 Å². The fraction of sp³-hybridized carbons (Fsp3) is 0. The molecule has 3 rings (SSSR count). The highest BCUT2D eigenvalue weighted by Crippen LogP contribution is 2.18. The second kappa shape index (κ2) is 5.59. The third kappa shape index (κ3) is 2.82. The Balaban J connectivity index is 2.00. The molecule has 21 heavy (non-hydrogen) atoms. The van der Waals surface area contributed by atoms with Crippen molar-refractivity contribution in [3.05, 3.63) is 88.3 Å². The van der Waals surface area contributed by atoms with Gasteiger partial charge in [-0.05, 0) is 23.8 Å². The number of benzene rings is 2. The standard InChI is InChI=1S/C18H12O3/c19-16(11-9-13-5-2-1-3-6-13)15-8-4-7-14-10-12-17(20)21-18(14)15/h1-12H. The Morgan fingerprint density at radius 3 is 2.52 bits per heavy atom. The summed E-state index contributed by atoms with van der Waals surface area (Å²) in [5.41, 5.74) is 1.19. The monoisotopic (exact) mass is 276 g/mol. The zero-order chi connectivity index (χ0) is 14.7. The van der Waals surface area contributed by atoms with E-state index in [0.29, 0.717) is 11.1 Å². The number of carbonyl (C=O) groups excluding carboxylic acids is 1. The molecule has 0 saturated heterocycles. The lowest BCUT2D eigenvalue weighted by molar-refractivity contribution is 0.104. The molecule has 0 bridgehead atoms. The number of hydrogen-bond donors (Lipinski definition) is 0. The number of ketones is 1. The van der Waals surface area contributed by atoms with Crippen LogP contribution in [-0.4, -0.2) is 5.78 Å². The van der Waals surface area contributed by atoms with Gasteiger partial charge in [-0.25, -0.2) is 4.79 Å². The summed E-state index contributed by atoms with van der Waals surface area (Å²) in [6.45, 7) is 0. The molecule has 0 aliphatic carbocycles. The van der Waals surface area contributed by atoms with Crippen LogP contribution in [0.4, 0.5) is 0 Å². The lowest BCUT2D eigenvalue weighted by Gasteiger charge is -2.01. The normalized spacial score (nSPS) is 11.0. The number of fused-ring (bicyclic) bond motifs is 1. The quantitative estimate of drug-likeness (QED) is 0.416. The van der Waals surface area contributed by atoms with Crippen molar-refractivity contribution in [3.8, 4) is 0 Å². The van der Waals surface area contributed by atoms with E-state index in [-0.39, 0.29) is 5.78 Å². The molecule has 102 valence electrons. The summed E-state index contributed by atoms with van der Waals surface area (Å²) in [7, 11) is 0. The molecule has 0 unspecified atom stereocenters. The fourth-order valence-electron chi connectivity index (χ4n) is 2.11. The average molecular weight is 276 g/mol. The molecule has 0 N–H and O–H groups in total. The molecule has 0 atom stereocenters. The van der Waals surface area contributed by atoms with Crippen LogP contribution in [0.3, 0.4) is 0 Å². The molecule has 0 amide bonds. The van der Waals surface area contributed by atoms with Gasteiger partial charge < -0.3 is 4.42 Å². The molecule has 1 heterocycles. The lowest BCUT2D eigenvalue weighted by Crippen LogP contribution is -2.00. The van der Waals surface area contributed by atoms with Crippen molar-refractivity contribution in [2.24, 2.45) is 0 Å². The van der Waals surface area contributed by atoms with Gasteiger partial charge in [-0.15, -0.1) is 0 Å². The first kappa shape index (κ1) is 13.1. The third-order valence-electron chi connectivity index (χ3n) is 3.14. The predicted octanol–water partition coefficient (Wildman–Crippen LogP) is 3.69. The third-order valence-corrected chi connectivity index (χ3v) is 3.14. The van der Waals surface area contributed by atoms with Gasteiger partial charge in [0.1, 0.15) is 5.58 Å². The second-order valence-electron chi connectivity index (χ2n) is 4.59. The van der Waals surface area contributed by atoms with Crippen molar-refractivity contribution in [3.63, 3.8) is 0 Å². The molecule has 3 nitrogen and oxygen atoms in total. The summed E-state index contributed by atoms with van der Waals surface area (Å²) in [4.78, 5) is 23.6. The van der Waals surface area contributed by atoms with E-state index in [2.05, 4.69) is 0 Å². The van der Waals surface area contributed by atoms with Gasteiger partial charge in [-0.1, -0.05) is 48.5 Å². The first-order valence-corrected chi connectivity index (χ1v) is 6.54. The van der Waals surface area contributed by atoms with Crippen LogP contribution in [0.15, 0.2) is 76.0 Å². The Hall–Kier alpha value is -2.94. The second-order valence-corrected chi connectivity index (χ2v) is 4.59. The molecule has 0 saturated carbocycles. The van der Waals surface area contributed by atoms with Crippen LogP contribution in [0, 0.1) is 0 Å². The Kier molecular flexibility index (Phi) is 3.48. The molecule has 0 aliphatic rings. The number of allylic oxidation sites excluding steroid dienone is 1. The van der Waals surface area contributed by atoms with Gasteiger partial charge in [0, 0.05) is 11.5 Å². The minimum absolute atomic E-state index is 0.196. The number of hydrogen-bond acceptors (Lipinski definition) is 3. The van der Waals surface area contributed by atoms with E-state index < -0.39 is 5.63 Å². The molecule has 1 aromatic heterocycles. The number of rotatable bonds is 3. The van der Waals surface area contributed by atoms with E-state index in [1.165, 1.54) is 12.1 Å². The summed E-state index contributed by atoms with van der Waals surface area (Å²) in [5, 5.41) is 0.730. The SMILES string of the molecule is O=C(C=Cc1ccccc1)c1cccc2ccc(=O)oc12.